The number of halogens is 4. The van der Waals surface area contributed by atoms with Crippen LogP contribution in [0.5, 0.6) is 0 Å². The van der Waals surface area contributed by atoms with Crippen molar-refractivity contribution in [1.82, 2.24) is 14.5 Å². The van der Waals surface area contributed by atoms with E-state index in [0.29, 0.717) is 27.7 Å². The minimum atomic E-state index is -4.79. The maximum absolute atomic E-state index is 13.2. The average molecular weight is 663 g/mol. The molecule has 12 nitrogen and oxygen atoms in total. The number of nitrogens with zero attached hydrogens (tertiary/aromatic N) is 5. The van der Waals surface area contributed by atoms with Gasteiger partial charge >= 0.3 is 24.4 Å². The monoisotopic (exact) mass is 662 g/mol. The number of ether oxygens (including phenoxy) is 2. The summed E-state index contributed by atoms with van der Waals surface area (Å²) >= 11 is 5.61. The van der Waals surface area contributed by atoms with Crippen molar-refractivity contribution in [2.75, 3.05) is 15.3 Å². The molecule has 0 bridgehead atoms. The normalized spacial score (nSPS) is 12.1. The van der Waals surface area contributed by atoms with Gasteiger partial charge in [0.1, 0.15) is 23.2 Å². The molecule has 0 saturated carbocycles. The van der Waals surface area contributed by atoms with Crippen molar-refractivity contribution in [3.05, 3.63) is 71.6 Å². The minimum Gasteiger partial charge on any atom is -0.443 e. The summed E-state index contributed by atoms with van der Waals surface area (Å²) in [6.45, 7) is 9.89. The van der Waals surface area contributed by atoms with Gasteiger partial charge in [-0.3, -0.25) is 5.21 Å². The van der Waals surface area contributed by atoms with E-state index in [1.165, 1.54) is 18.5 Å². The summed E-state index contributed by atoms with van der Waals surface area (Å²) in [5.74, 6) is -0.0740. The molecular weight excluding hydrogens is 633 g/mol. The Morgan fingerprint density at radius 1 is 0.891 bits per heavy atom. The number of nitrogens with one attached hydrogen (secondary N) is 1. The van der Waals surface area contributed by atoms with E-state index in [4.69, 9.17) is 21.1 Å². The van der Waals surface area contributed by atoms with Gasteiger partial charge in [-0.2, -0.15) is 23.1 Å². The molecule has 2 N–H and O–H groups in total. The van der Waals surface area contributed by atoms with Crippen LogP contribution in [0.1, 0.15) is 47.1 Å². The van der Waals surface area contributed by atoms with Gasteiger partial charge in [0.05, 0.1) is 21.7 Å². The Kier molecular flexibility index (Phi) is 9.22. The molecule has 0 aliphatic carbocycles. The third kappa shape index (κ3) is 7.84. The van der Waals surface area contributed by atoms with Crippen LogP contribution in [-0.4, -0.2) is 49.2 Å². The molecule has 0 aliphatic heterocycles. The second-order valence-electron chi connectivity index (χ2n) is 11.9. The number of benzene rings is 2. The van der Waals surface area contributed by atoms with Crippen molar-refractivity contribution in [2.45, 2.75) is 58.9 Å². The third-order valence-electron chi connectivity index (χ3n) is 5.91. The van der Waals surface area contributed by atoms with Gasteiger partial charge in [-0.15, -0.1) is 0 Å². The molecule has 0 aliphatic rings. The number of hydrogen-bond donors (Lipinski definition) is 2. The molecule has 244 valence electrons. The zero-order valence-corrected chi connectivity index (χ0v) is 26.3. The van der Waals surface area contributed by atoms with E-state index >= 15 is 0 Å². The number of carbonyl (C=O) groups is 3. The lowest BCUT2D eigenvalue weighted by Gasteiger charge is -2.28. The SMILES string of the molecule is CC(C)(C)OC(=O)N(C(=O)OC(C)(C)C)c1ncnc2c1ccn2-c1ccc(NC(=O)N(O)c2ccc(Cl)c(C(F)(F)F)c2)cc1. The van der Waals surface area contributed by atoms with Crippen molar-refractivity contribution in [2.24, 2.45) is 0 Å². The van der Waals surface area contributed by atoms with Crippen molar-refractivity contribution >= 4 is 58.0 Å². The molecule has 0 radical (unpaired) electrons. The quantitative estimate of drug-likeness (QED) is 0.165. The summed E-state index contributed by atoms with van der Waals surface area (Å²) in [4.78, 5) is 48.1. The van der Waals surface area contributed by atoms with E-state index < -0.39 is 51.9 Å². The van der Waals surface area contributed by atoms with Crippen LogP contribution in [0.4, 0.5) is 44.7 Å². The number of hydroxylamine groups is 1. The fourth-order valence-electron chi connectivity index (χ4n) is 4.05. The van der Waals surface area contributed by atoms with Gasteiger partial charge in [-0.25, -0.2) is 24.4 Å². The summed E-state index contributed by atoms with van der Waals surface area (Å²) < 4.78 is 52.1. The van der Waals surface area contributed by atoms with Crippen LogP contribution >= 0.6 is 11.6 Å². The number of alkyl halides is 3. The molecule has 0 unspecified atom stereocenters. The molecule has 4 amide bonds. The van der Waals surface area contributed by atoms with Crippen LogP contribution < -0.4 is 15.3 Å². The number of amides is 4. The zero-order chi connectivity index (χ0) is 34.2. The van der Waals surface area contributed by atoms with E-state index in [1.54, 1.807) is 70.5 Å². The number of urea groups is 1. The fraction of sp³-hybridized carbons (Fsp3) is 0.300. The summed E-state index contributed by atoms with van der Waals surface area (Å²) in [6, 6.07) is 9.11. The van der Waals surface area contributed by atoms with Gasteiger partial charge < -0.3 is 19.4 Å². The molecule has 46 heavy (non-hydrogen) atoms. The highest BCUT2D eigenvalue weighted by Crippen LogP contribution is 2.37. The van der Waals surface area contributed by atoms with E-state index in [1.807, 2.05) is 0 Å². The number of anilines is 3. The fourth-order valence-corrected chi connectivity index (χ4v) is 4.27. The zero-order valence-electron chi connectivity index (χ0n) is 25.5. The van der Waals surface area contributed by atoms with Gasteiger partial charge in [0.25, 0.3) is 0 Å². The standard InChI is InChI=1S/C30H30ClF3N6O6/c1-28(2,3)45-26(42)39(27(43)46-29(4,5)6)24-20-13-14-38(23(20)35-16-36-24)18-9-7-17(8-10-18)37-25(41)40(44)19-11-12-22(31)21(15-19)30(32,33)34/h7-16,44H,1-6H3,(H,37,41). The number of aromatic nitrogens is 3. The predicted molar refractivity (Wildman–Crippen MR) is 164 cm³/mol. The Morgan fingerprint density at radius 3 is 2.02 bits per heavy atom. The molecule has 0 saturated heterocycles. The number of imide groups is 1. The molecule has 4 aromatic rings. The maximum Gasteiger partial charge on any atom is 0.425 e. The van der Waals surface area contributed by atoms with Crippen LogP contribution in [0.15, 0.2) is 61.1 Å². The average Bonchev–Trinajstić information content (AvgIpc) is 3.36. The van der Waals surface area contributed by atoms with Gasteiger partial charge in [0, 0.05) is 17.6 Å². The topological polar surface area (TPSA) is 139 Å². The Labute approximate surface area is 266 Å². The van der Waals surface area contributed by atoms with Crippen molar-refractivity contribution in [3.8, 4) is 5.69 Å². The number of carbonyl (C=O) groups excluding carboxylic acids is 3. The first-order chi connectivity index (χ1) is 21.2. The largest absolute Gasteiger partial charge is 0.443 e. The lowest BCUT2D eigenvalue weighted by atomic mass is 10.2. The summed E-state index contributed by atoms with van der Waals surface area (Å²) in [5.41, 5.74) is -2.48. The second-order valence-corrected chi connectivity index (χ2v) is 12.3. The van der Waals surface area contributed by atoms with Gasteiger partial charge in [-0.05, 0) is 90.1 Å². The van der Waals surface area contributed by atoms with Gasteiger partial charge in [0.2, 0.25) is 0 Å². The van der Waals surface area contributed by atoms with E-state index in [0.717, 1.165) is 12.1 Å². The lowest BCUT2D eigenvalue weighted by Crippen LogP contribution is -2.44. The summed E-state index contributed by atoms with van der Waals surface area (Å²) in [5, 5.41) is 12.4. The first kappa shape index (κ1) is 34.0. The highest BCUT2D eigenvalue weighted by atomic mass is 35.5. The third-order valence-corrected chi connectivity index (χ3v) is 6.24. The second kappa shape index (κ2) is 12.5. The van der Waals surface area contributed by atoms with Crippen LogP contribution in [-0.2, 0) is 15.7 Å². The number of rotatable bonds is 4. The Bertz CT molecular complexity index is 1750. The predicted octanol–water partition coefficient (Wildman–Crippen LogP) is 8.20. The molecule has 0 spiro atoms. The molecule has 0 atom stereocenters. The summed E-state index contributed by atoms with van der Waals surface area (Å²) in [7, 11) is 0. The van der Waals surface area contributed by atoms with E-state index in [9.17, 15) is 32.8 Å². The van der Waals surface area contributed by atoms with Crippen LogP contribution in [0.25, 0.3) is 16.7 Å². The van der Waals surface area contributed by atoms with Gasteiger partial charge in [0.15, 0.2) is 5.82 Å². The molecule has 2 heterocycles. The Balaban J connectivity index is 1.60. The highest BCUT2D eigenvalue weighted by molar-refractivity contribution is 6.31. The van der Waals surface area contributed by atoms with E-state index in [-0.39, 0.29) is 16.6 Å². The van der Waals surface area contributed by atoms with Gasteiger partial charge in [-0.1, -0.05) is 11.6 Å². The van der Waals surface area contributed by atoms with Crippen molar-refractivity contribution in [3.63, 3.8) is 0 Å². The van der Waals surface area contributed by atoms with Crippen LogP contribution in [0, 0.1) is 0 Å². The number of hydrogen-bond acceptors (Lipinski definition) is 8. The Hall–Kier alpha value is -4.89. The molecule has 4 rings (SSSR count). The molecular formula is C30H30ClF3N6O6. The maximum atomic E-state index is 13.2. The smallest absolute Gasteiger partial charge is 0.425 e. The molecule has 0 fully saturated rings. The minimum absolute atomic E-state index is 0.0263. The van der Waals surface area contributed by atoms with Crippen molar-refractivity contribution < 1.29 is 42.2 Å². The first-order valence-corrected chi connectivity index (χ1v) is 14.0. The molecule has 2 aromatic heterocycles. The highest BCUT2D eigenvalue weighted by Gasteiger charge is 2.36. The number of fused-ring (bicyclic) bond motifs is 1. The van der Waals surface area contributed by atoms with Crippen molar-refractivity contribution in [1.29, 1.82) is 0 Å². The Morgan fingerprint density at radius 2 is 1.48 bits per heavy atom. The first-order valence-electron chi connectivity index (χ1n) is 13.6. The van der Waals surface area contributed by atoms with Crippen LogP contribution in [0.3, 0.4) is 0 Å². The molecule has 2 aromatic carbocycles. The molecule has 16 heteroatoms. The lowest BCUT2D eigenvalue weighted by molar-refractivity contribution is -0.137. The summed E-state index contributed by atoms with van der Waals surface area (Å²) in [6.07, 6.45) is -4.01. The van der Waals surface area contributed by atoms with Crippen LogP contribution in [0.2, 0.25) is 5.02 Å². The van der Waals surface area contributed by atoms with E-state index in [2.05, 4.69) is 15.3 Å².